The standard InChI is InChI=1S/C14H18BrN5/c1-19-14(12(15)8-18-19)10-20-6-5-17-9-13(20)11-3-2-4-16-7-11/h2-4,7-8,13,17H,5-6,9-10H2,1H3. The first-order chi connectivity index (χ1) is 9.75. The van der Waals surface area contributed by atoms with Crippen molar-refractivity contribution in [2.45, 2.75) is 12.6 Å². The first-order valence-corrected chi connectivity index (χ1v) is 7.56. The largest absolute Gasteiger partial charge is 0.314 e. The lowest BCUT2D eigenvalue weighted by Crippen LogP contribution is -2.45. The van der Waals surface area contributed by atoms with Gasteiger partial charge in [-0.1, -0.05) is 6.07 Å². The molecule has 0 saturated carbocycles. The van der Waals surface area contributed by atoms with E-state index < -0.39 is 0 Å². The van der Waals surface area contributed by atoms with Crippen molar-refractivity contribution >= 4 is 15.9 Å². The smallest absolute Gasteiger partial charge is 0.0663 e. The van der Waals surface area contributed by atoms with E-state index in [0.717, 1.165) is 30.7 Å². The molecule has 0 aromatic carbocycles. The molecule has 3 rings (SSSR count). The Hall–Kier alpha value is -1.24. The summed E-state index contributed by atoms with van der Waals surface area (Å²) in [5.74, 6) is 0. The van der Waals surface area contributed by atoms with Gasteiger partial charge in [-0.25, -0.2) is 0 Å². The van der Waals surface area contributed by atoms with E-state index in [4.69, 9.17) is 0 Å². The molecule has 6 heteroatoms. The minimum absolute atomic E-state index is 0.360. The number of halogens is 1. The molecule has 0 aliphatic carbocycles. The molecule has 2 aromatic heterocycles. The Bertz CT molecular complexity index is 549. The van der Waals surface area contributed by atoms with Crippen LogP contribution in [0, 0.1) is 0 Å². The summed E-state index contributed by atoms with van der Waals surface area (Å²) >= 11 is 3.58. The number of rotatable bonds is 3. The van der Waals surface area contributed by atoms with Crippen LogP contribution in [0.2, 0.25) is 0 Å². The first kappa shape index (κ1) is 13.7. The molecule has 1 atom stereocenters. The van der Waals surface area contributed by atoms with Crippen LogP contribution in [0.3, 0.4) is 0 Å². The van der Waals surface area contributed by atoms with Gasteiger partial charge in [-0.2, -0.15) is 5.10 Å². The number of nitrogens with one attached hydrogen (secondary N) is 1. The number of hydrogen-bond donors (Lipinski definition) is 1. The van der Waals surface area contributed by atoms with E-state index in [1.807, 2.05) is 36.4 Å². The van der Waals surface area contributed by atoms with Crippen LogP contribution >= 0.6 is 15.9 Å². The van der Waals surface area contributed by atoms with E-state index in [1.54, 1.807) is 0 Å². The van der Waals surface area contributed by atoms with Gasteiger partial charge in [0.2, 0.25) is 0 Å². The summed E-state index contributed by atoms with van der Waals surface area (Å²) in [4.78, 5) is 6.73. The monoisotopic (exact) mass is 335 g/mol. The van der Waals surface area contributed by atoms with Crippen LogP contribution in [0.25, 0.3) is 0 Å². The van der Waals surface area contributed by atoms with Gasteiger partial charge in [0.1, 0.15) is 0 Å². The van der Waals surface area contributed by atoms with Crippen molar-refractivity contribution < 1.29 is 0 Å². The maximum Gasteiger partial charge on any atom is 0.0663 e. The van der Waals surface area contributed by atoms with E-state index >= 15 is 0 Å². The molecule has 5 nitrogen and oxygen atoms in total. The summed E-state index contributed by atoms with van der Waals surface area (Å²) < 4.78 is 3.01. The van der Waals surface area contributed by atoms with Crippen LogP contribution in [0.4, 0.5) is 0 Å². The average molecular weight is 336 g/mol. The zero-order chi connectivity index (χ0) is 13.9. The highest BCUT2D eigenvalue weighted by molar-refractivity contribution is 9.10. The summed E-state index contributed by atoms with van der Waals surface area (Å²) in [6, 6.07) is 4.51. The molecule has 1 unspecified atom stereocenters. The van der Waals surface area contributed by atoms with Crippen molar-refractivity contribution in [3.8, 4) is 0 Å². The number of nitrogens with zero attached hydrogens (tertiary/aromatic N) is 4. The van der Waals surface area contributed by atoms with E-state index in [1.165, 1.54) is 11.3 Å². The van der Waals surface area contributed by atoms with Gasteiger partial charge in [0.25, 0.3) is 0 Å². The summed E-state index contributed by atoms with van der Waals surface area (Å²) in [6.07, 6.45) is 5.64. The quantitative estimate of drug-likeness (QED) is 0.927. The Labute approximate surface area is 127 Å². The summed E-state index contributed by atoms with van der Waals surface area (Å²) in [6.45, 7) is 3.89. The number of aryl methyl sites for hydroxylation is 1. The van der Waals surface area contributed by atoms with Gasteiger partial charge in [-0.3, -0.25) is 14.6 Å². The van der Waals surface area contributed by atoms with Crippen molar-refractivity contribution in [2.24, 2.45) is 7.05 Å². The van der Waals surface area contributed by atoms with Gasteiger partial charge in [0, 0.05) is 51.7 Å². The zero-order valence-corrected chi connectivity index (χ0v) is 13.0. The molecule has 1 aliphatic rings. The van der Waals surface area contributed by atoms with Crippen molar-refractivity contribution in [1.29, 1.82) is 0 Å². The van der Waals surface area contributed by atoms with Gasteiger partial charge < -0.3 is 5.32 Å². The first-order valence-electron chi connectivity index (χ1n) is 6.77. The van der Waals surface area contributed by atoms with Crippen LogP contribution < -0.4 is 5.32 Å². The van der Waals surface area contributed by atoms with Gasteiger partial charge in [-0.05, 0) is 27.6 Å². The normalized spacial score (nSPS) is 20.2. The van der Waals surface area contributed by atoms with Crippen LogP contribution in [0.5, 0.6) is 0 Å². The van der Waals surface area contributed by atoms with Crippen molar-refractivity contribution in [2.75, 3.05) is 19.6 Å². The predicted molar refractivity (Wildman–Crippen MR) is 81.2 cm³/mol. The predicted octanol–water partition coefficient (Wildman–Crippen LogP) is 1.72. The molecule has 0 bridgehead atoms. The third kappa shape index (κ3) is 2.77. The fourth-order valence-corrected chi connectivity index (χ4v) is 3.12. The molecule has 1 N–H and O–H groups in total. The maximum absolute atomic E-state index is 4.29. The Morgan fingerprint density at radius 3 is 3.05 bits per heavy atom. The van der Waals surface area contributed by atoms with Crippen molar-refractivity contribution in [3.05, 3.63) is 46.5 Å². The second kappa shape index (κ2) is 6.03. The zero-order valence-electron chi connectivity index (χ0n) is 11.5. The summed E-state index contributed by atoms with van der Waals surface area (Å²) in [5.41, 5.74) is 2.47. The van der Waals surface area contributed by atoms with Crippen LogP contribution in [-0.2, 0) is 13.6 Å². The lowest BCUT2D eigenvalue weighted by atomic mass is 10.1. The summed E-state index contributed by atoms with van der Waals surface area (Å²) in [7, 11) is 1.99. The summed E-state index contributed by atoms with van der Waals surface area (Å²) in [5, 5.41) is 7.76. The fourth-order valence-electron chi connectivity index (χ4n) is 2.64. The molecule has 3 heterocycles. The van der Waals surface area contributed by atoms with E-state index in [0.29, 0.717) is 6.04 Å². The molecule has 20 heavy (non-hydrogen) atoms. The third-order valence-corrected chi connectivity index (χ3v) is 4.45. The highest BCUT2D eigenvalue weighted by Crippen LogP contribution is 2.25. The Kier molecular flexibility index (Phi) is 4.14. The molecule has 1 fully saturated rings. The van der Waals surface area contributed by atoms with Crippen LogP contribution in [-0.4, -0.2) is 39.3 Å². The fraction of sp³-hybridized carbons (Fsp3) is 0.429. The molecule has 0 spiro atoms. The topological polar surface area (TPSA) is 46.0 Å². The molecule has 1 aliphatic heterocycles. The molecular formula is C14H18BrN5. The SMILES string of the molecule is Cn1ncc(Br)c1CN1CCNCC1c1cccnc1. The highest BCUT2D eigenvalue weighted by Gasteiger charge is 2.25. The number of pyridine rings is 1. The highest BCUT2D eigenvalue weighted by atomic mass is 79.9. The number of hydrogen-bond acceptors (Lipinski definition) is 4. The van der Waals surface area contributed by atoms with Crippen molar-refractivity contribution in [3.63, 3.8) is 0 Å². The van der Waals surface area contributed by atoms with Gasteiger partial charge in [0.15, 0.2) is 0 Å². The van der Waals surface area contributed by atoms with Gasteiger partial charge >= 0.3 is 0 Å². The Morgan fingerprint density at radius 1 is 1.45 bits per heavy atom. The van der Waals surface area contributed by atoms with Gasteiger partial charge in [0.05, 0.1) is 16.4 Å². The van der Waals surface area contributed by atoms with Gasteiger partial charge in [-0.15, -0.1) is 0 Å². The molecule has 0 amide bonds. The van der Waals surface area contributed by atoms with E-state index in [-0.39, 0.29) is 0 Å². The van der Waals surface area contributed by atoms with Crippen molar-refractivity contribution in [1.82, 2.24) is 25.0 Å². The van der Waals surface area contributed by atoms with Crippen LogP contribution in [0.15, 0.2) is 35.2 Å². The Balaban J connectivity index is 1.83. The number of aromatic nitrogens is 3. The molecule has 106 valence electrons. The lowest BCUT2D eigenvalue weighted by Gasteiger charge is -2.36. The van der Waals surface area contributed by atoms with E-state index in [9.17, 15) is 0 Å². The van der Waals surface area contributed by atoms with Crippen LogP contribution in [0.1, 0.15) is 17.3 Å². The molecular weight excluding hydrogens is 318 g/mol. The Morgan fingerprint density at radius 2 is 2.35 bits per heavy atom. The minimum Gasteiger partial charge on any atom is -0.314 e. The molecule has 1 saturated heterocycles. The molecule has 2 aromatic rings. The maximum atomic E-state index is 4.29. The van der Waals surface area contributed by atoms with E-state index in [2.05, 4.69) is 42.3 Å². The number of piperazine rings is 1. The second-order valence-electron chi connectivity index (χ2n) is 5.04. The third-order valence-electron chi connectivity index (χ3n) is 3.79. The second-order valence-corrected chi connectivity index (χ2v) is 5.89. The minimum atomic E-state index is 0.360. The molecule has 0 radical (unpaired) electrons. The average Bonchev–Trinajstić information content (AvgIpc) is 2.81. The lowest BCUT2D eigenvalue weighted by molar-refractivity contribution is 0.149.